The van der Waals surface area contributed by atoms with Gasteiger partial charge in [0.1, 0.15) is 13.2 Å². The topological polar surface area (TPSA) is 64.6 Å². The molecule has 1 amide bonds. The van der Waals surface area contributed by atoms with E-state index in [9.17, 15) is 9.59 Å². The number of esters is 1. The van der Waals surface area contributed by atoms with Crippen LogP contribution in [0.1, 0.15) is 19.8 Å². The quantitative estimate of drug-likeness (QED) is 0.634. The minimum Gasteiger partial charge on any atom is -0.468 e. The van der Waals surface area contributed by atoms with Crippen molar-refractivity contribution in [2.24, 2.45) is 0 Å². The molecule has 0 aromatic carbocycles. The summed E-state index contributed by atoms with van der Waals surface area (Å²) < 4.78 is 9.26. The Labute approximate surface area is 122 Å². The summed E-state index contributed by atoms with van der Waals surface area (Å²) in [5.74, 6) is -0.506. The highest BCUT2D eigenvalue weighted by Crippen LogP contribution is 2.09. The number of halogens is 1. The Morgan fingerprint density at radius 1 is 1.42 bits per heavy atom. The normalized spacial score (nSPS) is 12.7. The van der Waals surface area contributed by atoms with E-state index < -0.39 is 12.1 Å². The van der Waals surface area contributed by atoms with Crippen LogP contribution in [-0.4, -0.2) is 37.7 Å². The molecule has 5 nitrogen and oxygen atoms in total. The summed E-state index contributed by atoms with van der Waals surface area (Å²) in [5, 5.41) is 3.35. The highest BCUT2D eigenvalue weighted by Gasteiger charge is 2.06. The minimum absolute atomic E-state index is 0.176. The van der Waals surface area contributed by atoms with Crippen LogP contribution in [0.5, 0.6) is 0 Å². The fourth-order valence-corrected chi connectivity index (χ4v) is 1.19. The molecule has 0 unspecified atom stereocenters. The van der Waals surface area contributed by atoms with Crippen LogP contribution in [0.15, 0.2) is 23.8 Å². The molecule has 0 spiro atoms. The Morgan fingerprint density at radius 3 is 2.63 bits per heavy atom. The maximum absolute atomic E-state index is 11.1. The molecular formula is C13H20BrNO4. The van der Waals surface area contributed by atoms with Gasteiger partial charge in [0.25, 0.3) is 0 Å². The first kappa shape index (κ1) is 17.7. The maximum atomic E-state index is 11.1. The van der Waals surface area contributed by atoms with Crippen molar-refractivity contribution < 1.29 is 19.1 Å². The minimum atomic E-state index is -0.620. The van der Waals surface area contributed by atoms with Crippen molar-refractivity contribution in [2.45, 2.75) is 19.8 Å². The highest BCUT2D eigenvalue weighted by molar-refractivity contribution is 9.09. The van der Waals surface area contributed by atoms with E-state index in [1.54, 1.807) is 0 Å². The summed E-state index contributed by atoms with van der Waals surface area (Å²) in [5.41, 5.74) is 0.972. The van der Waals surface area contributed by atoms with Crippen LogP contribution in [-0.2, 0) is 14.3 Å². The largest absolute Gasteiger partial charge is 0.468 e. The van der Waals surface area contributed by atoms with E-state index in [1.807, 2.05) is 25.2 Å². The van der Waals surface area contributed by atoms with Crippen LogP contribution in [0.3, 0.4) is 0 Å². The van der Waals surface area contributed by atoms with Crippen molar-refractivity contribution in [2.75, 3.05) is 25.6 Å². The smallest absolute Gasteiger partial charge is 0.407 e. The molecule has 19 heavy (non-hydrogen) atoms. The monoisotopic (exact) mass is 333 g/mol. The molecule has 0 saturated carbocycles. The Balaban J connectivity index is 0.000000982. The molecular weight excluding hydrogens is 314 g/mol. The lowest BCUT2D eigenvalue weighted by Gasteiger charge is -2.08. The number of ether oxygens (including phenoxy) is 2. The summed E-state index contributed by atoms with van der Waals surface area (Å²) in [6.45, 7) is 2.09. The molecule has 0 bridgehead atoms. The van der Waals surface area contributed by atoms with Crippen molar-refractivity contribution in [3.05, 3.63) is 23.8 Å². The van der Waals surface area contributed by atoms with Crippen molar-refractivity contribution in [3.63, 3.8) is 0 Å². The van der Waals surface area contributed by atoms with Gasteiger partial charge in [-0.1, -0.05) is 41.1 Å². The van der Waals surface area contributed by atoms with Crippen molar-refractivity contribution in [1.29, 1.82) is 0 Å². The summed E-state index contributed by atoms with van der Waals surface area (Å²) in [6, 6.07) is 0. The first-order chi connectivity index (χ1) is 9.13. The predicted octanol–water partition coefficient (Wildman–Crippen LogP) is 2.56. The molecule has 1 rings (SSSR count). The van der Waals surface area contributed by atoms with Gasteiger partial charge in [-0.15, -0.1) is 0 Å². The van der Waals surface area contributed by atoms with E-state index in [1.165, 1.54) is 7.11 Å². The molecule has 6 heteroatoms. The molecule has 1 N–H and O–H groups in total. The van der Waals surface area contributed by atoms with Gasteiger partial charge >= 0.3 is 12.1 Å². The number of alkyl halides is 1. The second-order valence-electron chi connectivity index (χ2n) is 3.53. The van der Waals surface area contributed by atoms with Crippen LogP contribution < -0.4 is 5.32 Å². The molecule has 0 heterocycles. The van der Waals surface area contributed by atoms with E-state index in [0.717, 1.165) is 23.7 Å². The number of amides is 1. The number of hydrogen-bond acceptors (Lipinski definition) is 4. The van der Waals surface area contributed by atoms with Gasteiger partial charge in [-0.25, -0.2) is 4.79 Å². The van der Waals surface area contributed by atoms with Crippen LogP contribution in [0, 0.1) is 0 Å². The Bertz CT molecular complexity index is 340. The van der Waals surface area contributed by atoms with Gasteiger partial charge in [0.15, 0.2) is 0 Å². The van der Waals surface area contributed by atoms with Gasteiger partial charge in [-0.2, -0.15) is 0 Å². The third kappa shape index (κ3) is 10.3. The molecule has 0 atom stereocenters. The Morgan fingerprint density at radius 2 is 2.11 bits per heavy atom. The standard InChI is InChI=1S/C11H15NO4.C2H5Br/c1-15-10(13)7-12-11(14)16-8-9-5-3-2-4-6-9;1-2-3/h3,5-6H,2,4,7-8H2,1H3,(H,12,14);2H2,1H3. The summed E-state index contributed by atoms with van der Waals surface area (Å²) >= 11 is 3.15. The third-order valence-electron chi connectivity index (χ3n) is 2.05. The van der Waals surface area contributed by atoms with Crippen LogP contribution >= 0.6 is 15.9 Å². The third-order valence-corrected chi connectivity index (χ3v) is 2.05. The molecule has 0 saturated heterocycles. The summed E-state index contributed by atoms with van der Waals surface area (Å²) in [4.78, 5) is 21.8. The molecule has 0 aliphatic heterocycles. The maximum Gasteiger partial charge on any atom is 0.407 e. The Kier molecular flexibility index (Phi) is 11.0. The van der Waals surface area contributed by atoms with Crippen LogP contribution in [0.2, 0.25) is 0 Å². The highest BCUT2D eigenvalue weighted by atomic mass is 79.9. The molecule has 0 fully saturated rings. The number of methoxy groups -OCH3 is 1. The van der Waals surface area contributed by atoms with E-state index in [0.29, 0.717) is 0 Å². The lowest BCUT2D eigenvalue weighted by atomic mass is 10.1. The van der Waals surface area contributed by atoms with Crippen LogP contribution in [0.25, 0.3) is 0 Å². The second-order valence-corrected chi connectivity index (χ2v) is 4.65. The van der Waals surface area contributed by atoms with Crippen molar-refractivity contribution >= 4 is 28.0 Å². The summed E-state index contributed by atoms with van der Waals surface area (Å²) in [6.07, 6.45) is 7.36. The number of hydrogen-bond donors (Lipinski definition) is 1. The molecule has 0 aromatic rings. The first-order valence-electron chi connectivity index (χ1n) is 6.03. The van der Waals surface area contributed by atoms with Gasteiger partial charge in [0.2, 0.25) is 0 Å². The lowest BCUT2D eigenvalue weighted by molar-refractivity contribution is -0.139. The van der Waals surface area contributed by atoms with Gasteiger partial charge in [-0.05, 0) is 18.4 Å². The SMILES string of the molecule is CCBr.COC(=O)CNC(=O)OCC1=CCCC=C1. The number of nitrogens with one attached hydrogen (secondary N) is 1. The fraction of sp³-hybridized carbons (Fsp3) is 0.538. The van der Waals surface area contributed by atoms with E-state index >= 15 is 0 Å². The van der Waals surface area contributed by atoms with Gasteiger partial charge < -0.3 is 14.8 Å². The van der Waals surface area contributed by atoms with Gasteiger partial charge in [0, 0.05) is 5.33 Å². The van der Waals surface area contributed by atoms with Crippen molar-refractivity contribution in [1.82, 2.24) is 5.32 Å². The number of alkyl carbamates (subject to hydrolysis) is 1. The lowest BCUT2D eigenvalue weighted by Crippen LogP contribution is -2.31. The molecule has 0 radical (unpaired) electrons. The number of allylic oxidation sites excluding steroid dienone is 2. The van der Waals surface area contributed by atoms with Gasteiger partial charge in [0.05, 0.1) is 7.11 Å². The van der Waals surface area contributed by atoms with Gasteiger partial charge in [-0.3, -0.25) is 4.79 Å². The van der Waals surface area contributed by atoms with E-state index in [4.69, 9.17) is 4.74 Å². The first-order valence-corrected chi connectivity index (χ1v) is 7.15. The zero-order chi connectivity index (χ0) is 14.5. The van der Waals surface area contributed by atoms with E-state index in [2.05, 4.69) is 26.0 Å². The Hall–Kier alpha value is -1.30. The predicted molar refractivity (Wildman–Crippen MR) is 77.3 cm³/mol. The summed E-state index contributed by atoms with van der Waals surface area (Å²) in [7, 11) is 1.26. The average Bonchev–Trinajstić information content (AvgIpc) is 2.44. The number of rotatable bonds is 4. The second kappa shape index (κ2) is 11.8. The molecule has 1 aliphatic rings. The zero-order valence-corrected chi connectivity index (χ0v) is 12.9. The average molecular weight is 334 g/mol. The van der Waals surface area contributed by atoms with Crippen LogP contribution in [0.4, 0.5) is 4.79 Å². The number of carbonyl (C=O) groups excluding carboxylic acids is 2. The number of carbonyl (C=O) groups is 2. The van der Waals surface area contributed by atoms with Crippen molar-refractivity contribution in [3.8, 4) is 0 Å². The molecule has 0 aromatic heterocycles. The molecule has 108 valence electrons. The molecule has 1 aliphatic carbocycles. The van der Waals surface area contributed by atoms with E-state index in [-0.39, 0.29) is 13.2 Å². The zero-order valence-electron chi connectivity index (χ0n) is 11.3. The fourth-order valence-electron chi connectivity index (χ4n) is 1.19.